The average molecular weight is 413 g/mol. The van der Waals surface area contributed by atoms with E-state index in [1.807, 2.05) is 19.1 Å². The predicted octanol–water partition coefficient (Wildman–Crippen LogP) is 2.40. The summed E-state index contributed by atoms with van der Waals surface area (Å²) >= 11 is 1.42. The molecule has 4 N–H and O–H groups in total. The minimum Gasteiger partial charge on any atom is -0.381 e. The molecule has 0 spiro atoms. The number of hydrogen-bond acceptors (Lipinski definition) is 5. The van der Waals surface area contributed by atoms with Crippen molar-refractivity contribution in [1.82, 2.24) is 16.0 Å². The summed E-state index contributed by atoms with van der Waals surface area (Å²) in [5, 5.41) is 13.1. The number of carbonyl (C=O) groups is 3. The van der Waals surface area contributed by atoms with Crippen LogP contribution in [0, 0.1) is 0 Å². The Hall–Kier alpha value is -2.87. The second-order valence-electron chi connectivity index (χ2n) is 7.60. The number of nitrogens with one attached hydrogen (secondary N) is 4. The Bertz CT molecular complexity index is 999. The van der Waals surface area contributed by atoms with E-state index in [0.29, 0.717) is 17.0 Å². The van der Waals surface area contributed by atoms with Gasteiger partial charge in [-0.05, 0) is 50.5 Å². The van der Waals surface area contributed by atoms with Crippen molar-refractivity contribution in [2.45, 2.75) is 44.3 Å². The molecule has 3 amide bonds. The van der Waals surface area contributed by atoms with Gasteiger partial charge in [0.05, 0.1) is 5.69 Å². The Morgan fingerprint density at radius 2 is 2.00 bits per heavy atom. The van der Waals surface area contributed by atoms with E-state index < -0.39 is 0 Å². The van der Waals surface area contributed by atoms with Gasteiger partial charge in [-0.1, -0.05) is 6.58 Å². The molecule has 29 heavy (non-hydrogen) atoms. The van der Waals surface area contributed by atoms with Crippen molar-refractivity contribution < 1.29 is 14.4 Å². The number of hydrogen-bond donors (Lipinski definition) is 4. The van der Waals surface area contributed by atoms with Crippen molar-refractivity contribution in [2.75, 3.05) is 11.9 Å². The summed E-state index contributed by atoms with van der Waals surface area (Å²) in [5.74, 6) is -0.489. The molecular weight excluding hydrogens is 388 g/mol. The maximum Gasteiger partial charge on any atom is 0.263 e. The van der Waals surface area contributed by atoms with Crippen molar-refractivity contribution in [1.29, 1.82) is 0 Å². The van der Waals surface area contributed by atoms with Crippen LogP contribution >= 0.6 is 11.3 Å². The Balaban J connectivity index is 1.56. The molecule has 8 heteroatoms. The molecule has 1 aliphatic heterocycles. The molecule has 1 fully saturated rings. The second-order valence-corrected chi connectivity index (χ2v) is 8.65. The minimum absolute atomic E-state index is 0.0358. The molecule has 152 valence electrons. The van der Waals surface area contributed by atoms with Gasteiger partial charge in [0.2, 0.25) is 5.91 Å². The molecule has 1 aromatic carbocycles. The van der Waals surface area contributed by atoms with Crippen LogP contribution in [0.15, 0.2) is 30.9 Å². The molecule has 0 bridgehead atoms. The Morgan fingerprint density at radius 1 is 1.24 bits per heavy atom. The lowest BCUT2D eigenvalue weighted by Gasteiger charge is -2.21. The van der Waals surface area contributed by atoms with Crippen molar-refractivity contribution in [3.05, 3.63) is 41.3 Å². The normalized spacial score (nSPS) is 23.5. The largest absolute Gasteiger partial charge is 0.381 e. The first kappa shape index (κ1) is 19.4. The summed E-state index contributed by atoms with van der Waals surface area (Å²) in [4.78, 5) is 37.6. The van der Waals surface area contributed by atoms with Gasteiger partial charge < -0.3 is 21.3 Å². The van der Waals surface area contributed by atoms with Crippen LogP contribution in [-0.2, 0) is 4.79 Å². The first-order valence-corrected chi connectivity index (χ1v) is 10.6. The summed E-state index contributed by atoms with van der Waals surface area (Å²) in [6.07, 6.45) is 3.85. The van der Waals surface area contributed by atoms with Gasteiger partial charge in [0.1, 0.15) is 4.88 Å². The summed E-state index contributed by atoms with van der Waals surface area (Å²) in [6, 6.07) is 5.34. The number of benzene rings is 1. The minimum atomic E-state index is -0.225. The summed E-state index contributed by atoms with van der Waals surface area (Å²) in [6.45, 7) is 6.06. The van der Waals surface area contributed by atoms with E-state index in [2.05, 4.69) is 27.8 Å². The molecular formula is C21H24N4O3S. The van der Waals surface area contributed by atoms with Crippen LogP contribution in [0.5, 0.6) is 0 Å². The fourth-order valence-electron chi connectivity index (χ4n) is 3.97. The highest BCUT2D eigenvalue weighted by molar-refractivity contribution is 7.21. The molecule has 2 aromatic rings. The third-order valence-corrected chi connectivity index (χ3v) is 6.63. The topological polar surface area (TPSA) is 99.3 Å². The van der Waals surface area contributed by atoms with Crippen LogP contribution in [0.2, 0.25) is 0 Å². The van der Waals surface area contributed by atoms with E-state index >= 15 is 0 Å². The van der Waals surface area contributed by atoms with E-state index in [0.717, 1.165) is 35.0 Å². The number of thiophene rings is 1. The fourth-order valence-corrected chi connectivity index (χ4v) is 5.03. The van der Waals surface area contributed by atoms with Gasteiger partial charge in [-0.15, -0.1) is 11.3 Å². The van der Waals surface area contributed by atoms with E-state index in [1.54, 1.807) is 6.07 Å². The average Bonchev–Trinajstić information content (AvgIpc) is 3.26. The highest BCUT2D eigenvalue weighted by atomic mass is 32.1. The van der Waals surface area contributed by atoms with Gasteiger partial charge in [-0.25, -0.2) is 0 Å². The maximum absolute atomic E-state index is 12.9. The zero-order valence-electron chi connectivity index (χ0n) is 16.2. The quantitative estimate of drug-likeness (QED) is 0.580. The SMILES string of the molecule is C=CC(=O)N[C@@H]1CCC[C@H]1NC(=O)c1ccc2sc3c(c2c1)NC[C@@H](C)NC3=O. The Labute approximate surface area is 172 Å². The fraction of sp³-hybridized carbons (Fsp3) is 0.381. The molecule has 3 atom stereocenters. The van der Waals surface area contributed by atoms with E-state index in [4.69, 9.17) is 0 Å². The number of carbonyl (C=O) groups excluding carboxylic acids is 3. The molecule has 1 saturated carbocycles. The van der Waals surface area contributed by atoms with Crippen molar-refractivity contribution >= 4 is 44.8 Å². The van der Waals surface area contributed by atoms with Gasteiger partial charge in [0.15, 0.2) is 0 Å². The molecule has 2 heterocycles. The number of anilines is 1. The van der Waals surface area contributed by atoms with E-state index in [1.165, 1.54) is 17.4 Å². The van der Waals surface area contributed by atoms with E-state index in [9.17, 15) is 14.4 Å². The van der Waals surface area contributed by atoms with Crippen LogP contribution in [-0.4, -0.2) is 42.4 Å². The lowest BCUT2D eigenvalue weighted by atomic mass is 10.1. The number of rotatable bonds is 4. The van der Waals surface area contributed by atoms with Crippen LogP contribution < -0.4 is 21.3 Å². The Kier molecular flexibility index (Phi) is 5.27. The number of amides is 3. The zero-order valence-corrected chi connectivity index (χ0v) is 17.0. The monoisotopic (exact) mass is 412 g/mol. The van der Waals surface area contributed by atoms with Gasteiger partial charge >= 0.3 is 0 Å². The van der Waals surface area contributed by atoms with Crippen LogP contribution in [0.4, 0.5) is 5.69 Å². The predicted molar refractivity (Wildman–Crippen MR) is 114 cm³/mol. The molecule has 4 rings (SSSR count). The molecule has 0 saturated heterocycles. The van der Waals surface area contributed by atoms with Crippen LogP contribution in [0.3, 0.4) is 0 Å². The standard InChI is InChI=1S/C21H24N4O3S/c1-3-17(26)24-14-5-4-6-15(14)25-20(27)12-7-8-16-13(9-12)18-19(29-16)21(28)23-11(2)10-22-18/h3,7-9,11,14-15,22H,1,4-6,10H2,2H3,(H,23,28)(H,24,26)(H,25,27)/t11-,14-,15-/m1/s1. The smallest absolute Gasteiger partial charge is 0.263 e. The third-order valence-electron chi connectivity index (χ3n) is 5.46. The zero-order chi connectivity index (χ0) is 20.5. The van der Waals surface area contributed by atoms with Crippen LogP contribution in [0.1, 0.15) is 46.2 Å². The van der Waals surface area contributed by atoms with Gasteiger partial charge in [0.25, 0.3) is 11.8 Å². The van der Waals surface area contributed by atoms with Gasteiger partial charge in [-0.2, -0.15) is 0 Å². The highest BCUT2D eigenvalue weighted by Gasteiger charge is 2.30. The lowest BCUT2D eigenvalue weighted by Crippen LogP contribution is -2.48. The highest BCUT2D eigenvalue weighted by Crippen LogP contribution is 2.37. The third kappa shape index (κ3) is 3.85. The molecule has 1 aliphatic carbocycles. The molecule has 0 unspecified atom stereocenters. The molecule has 2 aliphatic rings. The summed E-state index contributed by atoms with van der Waals surface area (Å²) in [7, 11) is 0. The van der Waals surface area contributed by atoms with Crippen molar-refractivity contribution in [2.24, 2.45) is 0 Å². The summed E-state index contributed by atoms with van der Waals surface area (Å²) in [5.41, 5.74) is 1.33. The lowest BCUT2D eigenvalue weighted by molar-refractivity contribution is -0.117. The summed E-state index contributed by atoms with van der Waals surface area (Å²) < 4.78 is 0.959. The first-order valence-electron chi connectivity index (χ1n) is 9.81. The second kappa shape index (κ2) is 7.87. The van der Waals surface area contributed by atoms with Gasteiger partial charge in [0, 0.05) is 40.3 Å². The van der Waals surface area contributed by atoms with Gasteiger partial charge in [-0.3, -0.25) is 14.4 Å². The molecule has 7 nitrogen and oxygen atoms in total. The molecule has 0 radical (unpaired) electrons. The first-order chi connectivity index (χ1) is 14.0. The van der Waals surface area contributed by atoms with Crippen molar-refractivity contribution in [3.63, 3.8) is 0 Å². The van der Waals surface area contributed by atoms with Crippen LogP contribution in [0.25, 0.3) is 10.1 Å². The Morgan fingerprint density at radius 3 is 2.76 bits per heavy atom. The maximum atomic E-state index is 12.9. The van der Waals surface area contributed by atoms with E-state index in [-0.39, 0.29) is 35.8 Å². The van der Waals surface area contributed by atoms with Crippen molar-refractivity contribution in [3.8, 4) is 0 Å². The molecule has 1 aromatic heterocycles. The number of fused-ring (bicyclic) bond motifs is 3.